The average molecular weight is 567 g/mol. The van der Waals surface area contributed by atoms with Gasteiger partial charge in [0.05, 0.1) is 26.2 Å². The van der Waals surface area contributed by atoms with E-state index in [0.29, 0.717) is 28.4 Å². The molecule has 0 aliphatic carbocycles. The first kappa shape index (κ1) is 26.0. The minimum Gasteiger partial charge on any atom is -0.496 e. The Morgan fingerprint density at radius 1 is 1.00 bits per heavy atom. The summed E-state index contributed by atoms with van der Waals surface area (Å²) in [6, 6.07) is 22.6. The fourth-order valence-corrected chi connectivity index (χ4v) is 5.87. The Balaban J connectivity index is 2.04. The molecule has 0 aromatic heterocycles. The third-order valence-electron chi connectivity index (χ3n) is 6.11. The van der Waals surface area contributed by atoms with Crippen LogP contribution in [0.2, 0.25) is 19.6 Å². The number of ether oxygens (including phenoxy) is 3. The van der Waals surface area contributed by atoms with Crippen LogP contribution in [0.25, 0.3) is 0 Å². The zero-order valence-electron chi connectivity index (χ0n) is 20.9. The highest BCUT2D eigenvalue weighted by molar-refractivity contribution is 9.10. The van der Waals surface area contributed by atoms with Gasteiger partial charge in [0.2, 0.25) is 11.4 Å². The first-order chi connectivity index (χ1) is 17.1. The third kappa shape index (κ3) is 4.66. The summed E-state index contributed by atoms with van der Waals surface area (Å²) in [7, 11) is 0.838. The standard InChI is InChI=1S/C28H28BrNO5Si/c1-32-21-15-22(33-2)25-23(16-21)34-28(27(25)31,19-11-13-20(29)14-12-19)26(18-9-7-6-8-10-18)24(17-30)35-36(3,4)5/h6-16,24,26H,1-5H3/t24-,26?,28+/m1/s1. The summed E-state index contributed by atoms with van der Waals surface area (Å²) >= 11 is 3.49. The molecule has 36 heavy (non-hydrogen) atoms. The Kier molecular flexibility index (Phi) is 7.28. The van der Waals surface area contributed by atoms with Crippen LogP contribution in [-0.2, 0) is 10.0 Å². The van der Waals surface area contributed by atoms with Crippen LogP contribution in [0, 0.1) is 11.3 Å². The quantitative estimate of drug-likeness (QED) is 0.291. The Hall–Kier alpha value is -3.12. The molecular formula is C28H28BrNO5Si. The number of halogens is 1. The molecule has 3 atom stereocenters. The zero-order valence-corrected chi connectivity index (χ0v) is 23.5. The molecular weight excluding hydrogens is 538 g/mol. The molecule has 1 aliphatic heterocycles. The maximum atomic E-state index is 14.6. The molecule has 1 heterocycles. The monoisotopic (exact) mass is 565 g/mol. The van der Waals surface area contributed by atoms with E-state index >= 15 is 0 Å². The number of benzene rings is 3. The van der Waals surface area contributed by atoms with Crippen molar-refractivity contribution in [1.82, 2.24) is 0 Å². The van der Waals surface area contributed by atoms with Gasteiger partial charge in [0.1, 0.15) is 28.9 Å². The number of nitriles is 1. The number of hydrogen-bond acceptors (Lipinski definition) is 6. The van der Waals surface area contributed by atoms with Gasteiger partial charge in [0.25, 0.3) is 0 Å². The summed E-state index contributed by atoms with van der Waals surface area (Å²) in [6.07, 6.45) is -0.950. The van der Waals surface area contributed by atoms with Crippen molar-refractivity contribution in [3.63, 3.8) is 0 Å². The summed E-state index contributed by atoms with van der Waals surface area (Å²) in [5.41, 5.74) is 0.106. The van der Waals surface area contributed by atoms with Gasteiger partial charge in [-0.1, -0.05) is 58.4 Å². The summed E-state index contributed by atoms with van der Waals surface area (Å²) in [5, 5.41) is 10.4. The van der Waals surface area contributed by atoms with E-state index in [0.717, 1.165) is 10.0 Å². The molecule has 0 spiro atoms. The molecule has 6 nitrogen and oxygen atoms in total. The number of carbonyl (C=O) groups excluding carboxylic acids is 1. The molecule has 8 heteroatoms. The van der Waals surface area contributed by atoms with Gasteiger partial charge < -0.3 is 18.6 Å². The van der Waals surface area contributed by atoms with E-state index in [-0.39, 0.29) is 5.78 Å². The van der Waals surface area contributed by atoms with Crippen molar-refractivity contribution in [2.24, 2.45) is 0 Å². The van der Waals surface area contributed by atoms with Crippen LogP contribution in [0.4, 0.5) is 0 Å². The molecule has 0 fully saturated rings. The maximum absolute atomic E-state index is 14.6. The van der Waals surface area contributed by atoms with Crippen LogP contribution in [0.5, 0.6) is 17.2 Å². The Morgan fingerprint density at radius 2 is 1.67 bits per heavy atom. The lowest BCUT2D eigenvalue weighted by atomic mass is 9.71. The Labute approximate surface area is 221 Å². The smallest absolute Gasteiger partial charge is 0.219 e. The summed E-state index contributed by atoms with van der Waals surface area (Å²) in [4.78, 5) is 14.6. The van der Waals surface area contributed by atoms with Crippen LogP contribution in [-0.4, -0.2) is 34.4 Å². The lowest BCUT2D eigenvalue weighted by Crippen LogP contribution is -2.50. The van der Waals surface area contributed by atoms with Gasteiger partial charge >= 0.3 is 0 Å². The topological polar surface area (TPSA) is 77.8 Å². The van der Waals surface area contributed by atoms with E-state index in [2.05, 4.69) is 22.0 Å². The highest BCUT2D eigenvalue weighted by Gasteiger charge is 2.59. The summed E-state index contributed by atoms with van der Waals surface area (Å²) < 4.78 is 25.0. The number of ketones is 1. The number of nitrogens with zero attached hydrogens (tertiary/aromatic N) is 1. The van der Waals surface area contributed by atoms with Gasteiger partial charge in [0, 0.05) is 22.2 Å². The normalized spacial score (nSPS) is 18.5. The van der Waals surface area contributed by atoms with Crippen molar-refractivity contribution in [1.29, 1.82) is 5.26 Å². The minimum absolute atomic E-state index is 0.299. The van der Waals surface area contributed by atoms with Crippen LogP contribution in [0.3, 0.4) is 0 Å². The highest BCUT2D eigenvalue weighted by atomic mass is 79.9. The van der Waals surface area contributed by atoms with Gasteiger partial charge in [-0.05, 0) is 37.3 Å². The number of rotatable bonds is 8. The fourth-order valence-electron chi connectivity index (χ4n) is 4.66. The van der Waals surface area contributed by atoms with Gasteiger partial charge in [-0.25, -0.2) is 0 Å². The number of hydrogen-bond donors (Lipinski definition) is 0. The number of fused-ring (bicyclic) bond motifs is 1. The second-order valence-corrected chi connectivity index (χ2v) is 14.9. The van der Waals surface area contributed by atoms with Crippen molar-refractivity contribution in [2.45, 2.75) is 37.3 Å². The van der Waals surface area contributed by atoms with Crippen LogP contribution in [0.15, 0.2) is 71.2 Å². The van der Waals surface area contributed by atoms with Crippen molar-refractivity contribution in [3.05, 3.63) is 87.9 Å². The molecule has 1 unspecified atom stereocenters. The van der Waals surface area contributed by atoms with E-state index in [1.807, 2.05) is 74.2 Å². The predicted octanol–water partition coefficient (Wildman–Crippen LogP) is 6.46. The Morgan fingerprint density at radius 3 is 2.22 bits per heavy atom. The maximum Gasteiger partial charge on any atom is 0.219 e. The fraction of sp³-hybridized carbons (Fsp3) is 0.286. The molecule has 3 aromatic carbocycles. The SMILES string of the molecule is COc1cc(OC)c2c(c1)O[C@@](c1ccc(Br)cc1)(C(c1ccccc1)[C@@H](C#N)O[Si](C)(C)C)C2=O. The van der Waals surface area contributed by atoms with E-state index in [1.165, 1.54) is 7.11 Å². The first-order valence-corrected chi connectivity index (χ1v) is 15.7. The lowest BCUT2D eigenvalue weighted by molar-refractivity contribution is 0.0203. The molecule has 0 saturated carbocycles. The Bertz CT molecular complexity index is 1300. The predicted molar refractivity (Wildman–Crippen MR) is 143 cm³/mol. The summed E-state index contributed by atoms with van der Waals surface area (Å²) in [5.74, 6) is 0.112. The average Bonchev–Trinajstić information content (AvgIpc) is 3.16. The second kappa shape index (κ2) is 10.1. The van der Waals surface area contributed by atoms with E-state index < -0.39 is 25.9 Å². The lowest BCUT2D eigenvalue weighted by Gasteiger charge is -2.40. The van der Waals surface area contributed by atoms with Gasteiger partial charge in [-0.2, -0.15) is 5.26 Å². The largest absolute Gasteiger partial charge is 0.496 e. The van der Waals surface area contributed by atoms with E-state index in [9.17, 15) is 10.1 Å². The highest BCUT2D eigenvalue weighted by Crippen LogP contribution is 2.54. The van der Waals surface area contributed by atoms with Crippen molar-refractivity contribution in [2.75, 3.05) is 14.2 Å². The van der Waals surface area contributed by atoms with Crippen LogP contribution < -0.4 is 14.2 Å². The first-order valence-electron chi connectivity index (χ1n) is 11.5. The number of carbonyl (C=O) groups is 1. The minimum atomic E-state index is -2.21. The van der Waals surface area contributed by atoms with E-state index in [4.69, 9.17) is 18.6 Å². The molecule has 4 rings (SSSR count). The molecule has 3 aromatic rings. The molecule has 0 radical (unpaired) electrons. The van der Waals surface area contributed by atoms with Gasteiger partial charge in [0.15, 0.2) is 8.32 Å². The van der Waals surface area contributed by atoms with Gasteiger partial charge in [-0.15, -0.1) is 0 Å². The molecule has 0 bridgehead atoms. The molecule has 0 N–H and O–H groups in total. The molecule has 1 aliphatic rings. The molecule has 0 saturated heterocycles. The van der Waals surface area contributed by atoms with Gasteiger partial charge in [-0.3, -0.25) is 4.79 Å². The second-order valence-electron chi connectivity index (χ2n) is 9.54. The van der Waals surface area contributed by atoms with Crippen molar-refractivity contribution in [3.8, 4) is 23.3 Å². The van der Waals surface area contributed by atoms with Crippen molar-refractivity contribution < 1.29 is 23.4 Å². The van der Waals surface area contributed by atoms with Crippen LogP contribution in [0.1, 0.15) is 27.4 Å². The number of Topliss-reactive ketones (excluding diaryl/α,β-unsaturated/α-hetero) is 1. The number of methoxy groups -OCH3 is 2. The summed E-state index contributed by atoms with van der Waals surface area (Å²) in [6.45, 7) is 6.06. The van der Waals surface area contributed by atoms with Crippen LogP contribution >= 0.6 is 15.9 Å². The third-order valence-corrected chi connectivity index (χ3v) is 7.60. The van der Waals surface area contributed by atoms with E-state index in [1.54, 1.807) is 19.2 Å². The molecule has 186 valence electrons. The molecule has 0 amide bonds. The van der Waals surface area contributed by atoms with Crippen molar-refractivity contribution >= 4 is 30.0 Å². The zero-order chi connectivity index (χ0) is 26.1.